The second-order valence-corrected chi connectivity index (χ2v) is 15.7. The molecule has 4 N–H and O–H groups in total. The number of benzene rings is 2. The van der Waals surface area contributed by atoms with Gasteiger partial charge in [-0.2, -0.15) is 0 Å². The third kappa shape index (κ3) is 11.7. The van der Waals surface area contributed by atoms with Crippen molar-refractivity contribution in [3.05, 3.63) is 107 Å². The summed E-state index contributed by atoms with van der Waals surface area (Å²) >= 11 is 0. The fourth-order valence-electron chi connectivity index (χ4n) is 4.85. The normalized spacial score (nSPS) is 15.3. The van der Waals surface area contributed by atoms with Crippen LogP contribution in [0.5, 0.6) is 0 Å². The lowest BCUT2D eigenvalue weighted by molar-refractivity contribution is 0.0696. The number of carbonyl (C=O) groups is 2. The highest BCUT2D eigenvalue weighted by atomic mass is 32.2. The largest absolute Gasteiger partial charge is 0.478 e. The highest BCUT2D eigenvalue weighted by Crippen LogP contribution is 2.28. The van der Waals surface area contributed by atoms with Gasteiger partial charge in [0, 0.05) is 58.4 Å². The molecule has 2 fully saturated rings. The Labute approximate surface area is 335 Å². The van der Waals surface area contributed by atoms with Crippen molar-refractivity contribution in [1.82, 2.24) is 13.9 Å². The second-order valence-electron chi connectivity index (χ2n) is 11.9. The minimum absolute atomic E-state index is 0. The zero-order valence-electron chi connectivity index (χ0n) is 52.3. The van der Waals surface area contributed by atoms with Gasteiger partial charge in [-0.25, -0.2) is 31.5 Å². The van der Waals surface area contributed by atoms with Gasteiger partial charge in [0.15, 0.2) is 0 Å². The molecule has 4 aromatic rings. The SMILES string of the molecule is C.C.CCC.Cc1ccc(C)n1-c1ccccc1C(=O)NS(=O)(=O)C1CC1.Cc1ccc(C)n1-c1ccccc1C(=O)O.NS(=O)(=O)C1CC1.[3H][3H].[3H][3H].[3H][3H].[3H][3H].[3H][3H].[3H][3H].[3H][3H].[3H][3H].[3H][3H].[3H][3H].[3H][3H].[3H][3H]. The summed E-state index contributed by atoms with van der Waals surface area (Å²) in [6.45, 7) is 12.1. The molecule has 0 bridgehead atoms. The van der Waals surface area contributed by atoms with Gasteiger partial charge in [-0.3, -0.25) is 4.79 Å². The van der Waals surface area contributed by atoms with Gasteiger partial charge in [0.2, 0.25) is 20.0 Å². The van der Waals surface area contributed by atoms with Crippen molar-refractivity contribution in [2.24, 2.45) is 5.14 Å². The highest BCUT2D eigenvalue weighted by Gasteiger charge is 2.37. The number of nitrogens with one attached hydrogen (secondary N) is 1. The van der Waals surface area contributed by atoms with E-state index in [2.05, 4.69) is 18.6 Å². The predicted molar refractivity (Wildman–Crippen MR) is 228 cm³/mol. The average molecular weight is 803 g/mol. The van der Waals surface area contributed by atoms with Crippen molar-refractivity contribution < 1.29 is 67.2 Å². The number of nitrogens with two attached hydrogens (primary N) is 1. The maximum absolute atomic E-state index is 12.4. The second kappa shape index (κ2) is 18.7. The molecule has 0 unspecified atom stereocenters. The highest BCUT2D eigenvalue weighted by molar-refractivity contribution is 7.91. The summed E-state index contributed by atoms with van der Waals surface area (Å²) in [6, 6.07) is 21.9. The van der Waals surface area contributed by atoms with Gasteiger partial charge in [0.25, 0.3) is 5.91 Å². The van der Waals surface area contributed by atoms with E-state index in [4.69, 9.17) is 45.9 Å². The minimum atomic E-state index is -3.55. The Balaban J connectivity index is -0.0000000653. The minimum Gasteiger partial charge on any atom is -0.478 e. The van der Waals surface area contributed by atoms with Crippen molar-refractivity contribution in [2.75, 3.05) is 0 Å². The summed E-state index contributed by atoms with van der Waals surface area (Å²) in [6.07, 6.45) is 4.03. The monoisotopic (exact) mass is 803 g/mol. The molecule has 300 valence electrons. The van der Waals surface area contributed by atoms with Crippen molar-refractivity contribution in [1.29, 1.82) is 0 Å². The van der Waals surface area contributed by atoms with Crippen LogP contribution in [0.25, 0.3) is 11.4 Å². The number of carbonyl (C=O) groups excluding carboxylic acids is 1. The summed E-state index contributed by atoms with van der Waals surface area (Å²) < 4.78 is 170. The van der Waals surface area contributed by atoms with E-state index in [1.165, 1.54) is 6.42 Å². The quantitative estimate of drug-likeness (QED) is 0.167. The van der Waals surface area contributed by atoms with Gasteiger partial charge in [0.1, 0.15) is 0 Å². The molecule has 0 radical (unpaired) electrons. The number of rotatable bonds is 7. The molecule has 50 heavy (non-hydrogen) atoms. The molecule has 2 saturated carbocycles. The van der Waals surface area contributed by atoms with Crippen LogP contribution in [-0.2, 0) is 20.0 Å². The van der Waals surface area contributed by atoms with Gasteiger partial charge < -0.3 is 14.2 Å². The van der Waals surface area contributed by atoms with Crippen LogP contribution in [0, 0.1) is 27.7 Å². The summed E-state index contributed by atoms with van der Waals surface area (Å²) in [4.78, 5) is 23.6. The number of aryl methyl sites for hydroxylation is 4. The molecular formula is C37H78N4O7S2. The third-order valence-corrected chi connectivity index (χ3v) is 10.7. The van der Waals surface area contributed by atoms with E-state index >= 15 is 0 Å². The first-order chi connectivity index (χ1) is 34.5. The van der Waals surface area contributed by atoms with Crippen molar-refractivity contribution in [3.63, 3.8) is 0 Å². The van der Waals surface area contributed by atoms with Gasteiger partial charge in [-0.1, -0.05) is 59.4 Å². The maximum atomic E-state index is 12.4. The van der Waals surface area contributed by atoms with Gasteiger partial charge in [-0.05, 0) is 102 Å². The first-order valence-corrected chi connectivity index (χ1v) is 19.0. The van der Waals surface area contributed by atoms with Crippen LogP contribution in [0.2, 0.25) is 0 Å². The van der Waals surface area contributed by atoms with Crippen LogP contribution in [-0.4, -0.2) is 53.5 Å². The van der Waals surface area contributed by atoms with Crippen LogP contribution in [0.4, 0.5) is 0 Å². The molecule has 0 spiro atoms. The number of amides is 1. The van der Waals surface area contributed by atoms with E-state index in [1.54, 1.807) is 24.3 Å². The van der Waals surface area contributed by atoms with Gasteiger partial charge in [0.05, 0.1) is 33.0 Å². The van der Waals surface area contributed by atoms with E-state index in [-0.39, 0.29) is 20.1 Å². The van der Waals surface area contributed by atoms with Gasteiger partial charge in [-0.15, -0.1) is 0 Å². The summed E-state index contributed by atoms with van der Waals surface area (Å²) in [5.41, 5.74) is 6.13. The lowest BCUT2D eigenvalue weighted by Gasteiger charge is -2.14. The van der Waals surface area contributed by atoms with E-state index in [1.807, 2.05) is 85.4 Å². The number of hydrogen-bond acceptors (Lipinski definition) is 6. The zero-order chi connectivity index (χ0) is 59.8. The molecule has 13 heteroatoms. The molecule has 1 amide bonds. The van der Waals surface area contributed by atoms with Crippen molar-refractivity contribution in [2.45, 2.75) is 99.0 Å². The van der Waals surface area contributed by atoms with E-state index in [9.17, 15) is 26.4 Å². The molecule has 0 atom stereocenters. The van der Waals surface area contributed by atoms with E-state index in [0.717, 1.165) is 41.3 Å². The maximum Gasteiger partial charge on any atom is 0.337 e. The number of sulfonamides is 2. The smallest absolute Gasteiger partial charge is 0.337 e. The Bertz CT molecular complexity index is 1980. The average Bonchev–Trinajstić information content (AvgIpc) is 4.39. The standard InChI is InChI=1S/C16H18N2O3S.C13H13NO2.C3H7NO2S.C3H8.2CH4.12H2/c1-11-7-8-12(2)18(11)15-6-4-3-5-14(15)16(19)17-22(20,21)13-9-10-13;1-9-7-8-10(2)14(9)12-6-4-3-5-11(12)13(15)16;4-7(5,6)3-1-2-3;1-3-2;;;;;;;;;;;;;;/h3-8,13H,9-10H2,1-2H3,(H,17,19);3-8H,1-2H3,(H,15,16);3H,1-2H2,(H2,4,5,6);3H2,1-2H3;2*1H4;12*1H/i;;;;;;12*1+2T. The molecule has 11 nitrogen and oxygen atoms in total. The Morgan fingerprint density at radius 1 is 0.720 bits per heavy atom. The predicted octanol–water partition coefficient (Wildman–Crippen LogP) is 10.2. The summed E-state index contributed by atoms with van der Waals surface area (Å²) in [5.74, 6) is -1.47. The number of primary sulfonamides is 1. The van der Waals surface area contributed by atoms with E-state index < -0.39 is 37.2 Å². The molecule has 2 aliphatic carbocycles. The number of para-hydroxylation sites is 2. The van der Waals surface area contributed by atoms with Crippen LogP contribution < -0.4 is 9.86 Å². The molecule has 0 saturated heterocycles. The molecule has 2 aliphatic rings. The number of nitrogens with zero attached hydrogens (tertiary/aromatic N) is 2. The molecule has 6 rings (SSSR count). The third-order valence-electron chi connectivity index (χ3n) is 7.49. The van der Waals surface area contributed by atoms with Crippen LogP contribution in [0.3, 0.4) is 0 Å². The van der Waals surface area contributed by atoms with Gasteiger partial charge >= 0.3 is 5.97 Å². The Morgan fingerprint density at radius 3 is 1.38 bits per heavy atom. The number of aromatic carboxylic acids is 1. The molecule has 2 heterocycles. The number of aromatic nitrogens is 2. The molecule has 2 aromatic heterocycles. The molecule has 2 aromatic carbocycles. The van der Waals surface area contributed by atoms with Crippen LogP contribution in [0.15, 0.2) is 72.8 Å². The number of hydrogen-bond donors (Lipinski definition) is 3. The molecular weight excluding hydrogens is 677 g/mol. The number of carboxylic acids is 1. The lowest BCUT2D eigenvalue weighted by atomic mass is 10.1. The van der Waals surface area contributed by atoms with Crippen molar-refractivity contribution in [3.8, 4) is 11.4 Å². The lowest BCUT2D eigenvalue weighted by Crippen LogP contribution is -2.33. The Hall–Kier alpha value is -4.20. The zero-order valence-corrected chi connectivity index (χ0v) is 29.9. The molecule has 0 aliphatic heterocycles. The van der Waals surface area contributed by atoms with Crippen molar-refractivity contribution >= 4 is 31.9 Å². The first-order valence-electron chi connectivity index (χ1n) is 27.8. The Kier molecular flexibility index (Phi) is 10.3. The Morgan fingerprint density at radius 2 is 1.06 bits per heavy atom. The first kappa shape index (κ1) is 27.5. The fraction of sp³-hybridized carbons (Fsp3) is 0.405. The summed E-state index contributed by atoms with van der Waals surface area (Å²) in [7, 11) is -6.68. The topological polar surface area (TPSA) is 171 Å². The van der Waals surface area contributed by atoms with Crippen LogP contribution in [0.1, 0.15) is 140 Å². The van der Waals surface area contributed by atoms with E-state index in [0.29, 0.717) is 29.7 Å². The van der Waals surface area contributed by atoms with Crippen LogP contribution >= 0.6 is 0 Å². The summed E-state index contributed by atoms with van der Waals surface area (Å²) in [5, 5.41) is 13.2. The number of carboxylic acid groups (broad SMARTS) is 1. The fourth-order valence-corrected chi connectivity index (χ4v) is 6.93.